The van der Waals surface area contributed by atoms with Gasteiger partial charge in [0.1, 0.15) is 6.61 Å². The van der Waals surface area contributed by atoms with Crippen LogP contribution < -0.4 is 0 Å². The molecule has 1 N–H and O–H groups in total. The number of hydrogen-bond acceptors (Lipinski definition) is 5. The molecule has 0 aromatic rings. The molecule has 0 amide bonds. The minimum atomic E-state index is -0.776. The van der Waals surface area contributed by atoms with E-state index in [1.165, 1.54) is 225 Å². The molecule has 0 saturated carbocycles. The zero-order valence-electron chi connectivity index (χ0n) is 51.7. The second-order valence-corrected chi connectivity index (χ2v) is 22.5. The highest BCUT2D eigenvalue weighted by molar-refractivity contribution is 5.70. The van der Waals surface area contributed by atoms with Crippen LogP contribution in [0.5, 0.6) is 0 Å². The van der Waals surface area contributed by atoms with E-state index in [2.05, 4.69) is 111 Å². The van der Waals surface area contributed by atoms with Gasteiger partial charge in [-0.15, -0.1) is 0 Å². The molecule has 5 heteroatoms. The summed E-state index contributed by atoms with van der Waals surface area (Å²) >= 11 is 0. The van der Waals surface area contributed by atoms with Crippen LogP contribution in [0, 0.1) is 0 Å². The molecule has 0 spiro atoms. The van der Waals surface area contributed by atoms with Crippen molar-refractivity contribution in [2.45, 2.75) is 341 Å². The first-order valence-electron chi connectivity index (χ1n) is 33.8. The van der Waals surface area contributed by atoms with Crippen molar-refractivity contribution in [3.05, 3.63) is 97.2 Å². The summed E-state index contributed by atoms with van der Waals surface area (Å²) in [6, 6.07) is 0. The van der Waals surface area contributed by atoms with E-state index < -0.39 is 6.10 Å². The Bertz CT molecular complexity index is 1460. The number of aliphatic hydroxyl groups excluding tert-OH is 1. The van der Waals surface area contributed by atoms with Crippen LogP contribution in [-0.4, -0.2) is 36.4 Å². The lowest BCUT2D eigenvalue weighted by molar-refractivity contribution is -0.161. The molecule has 0 fully saturated rings. The fourth-order valence-electron chi connectivity index (χ4n) is 9.83. The fraction of sp³-hybridized carbons (Fsp3) is 0.753. The predicted octanol–water partition coefficient (Wildman–Crippen LogP) is 23.4. The summed E-state index contributed by atoms with van der Waals surface area (Å²) in [5, 5.41) is 9.70. The summed E-state index contributed by atoms with van der Waals surface area (Å²) in [6.45, 7) is 4.05. The van der Waals surface area contributed by atoms with Crippen LogP contribution in [0.3, 0.4) is 0 Å². The van der Waals surface area contributed by atoms with Crippen molar-refractivity contribution >= 4 is 11.9 Å². The van der Waals surface area contributed by atoms with Gasteiger partial charge in [0.15, 0.2) is 6.10 Å². The van der Waals surface area contributed by atoms with Crippen molar-refractivity contribution in [1.82, 2.24) is 0 Å². The van der Waals surface area contributed by atoms with Gasteiger partial charge in [-0.3, -0.25) is 9.59 Å². The average Bonchev–Trinajstić information content (AvgIpc) is 3.44. The molecule has 0 rings (SSSR count). The van der Waals surface area contributed by atoms with Gasteiger partial charge >= 0.3 is 11.9 Å². The summed E-state index contributed by atoms with van der Waals surface area (Å²) < 4.78 is 10.8. The van der Waals surface area contributed by atoms with E-state index in [1.54, 1.807) is 0 Å². The van der Waals surface area contributed by atoms with Gasteiger partial charge in [0.05, 0.1) is 6.61 Å². The van der Waals surface area contributed by atoms with Crippen LogP contribution in [0.25, 0.3) is 0 Å². The molecule has 0 saturated heterocycles. The number of allylic oxidation sites excluding steroid dienone is 16. The SMILES string of the molecule is CC/C=C\C/C=C\C/C=C\C/C=C\C/C=C\C/C=C\CCCCCCCCCCCCCCCCCCC(=O)OC(CO)COC(=O)CCCCCCCCCCCCCCCCCCC/C=C\C/C=C\CCCCCCC. The van der Waals surface area contributed by atoms with E-state index in [0.717, 1.165) is 83.5 Å². The highest BCUT2D eigenvalue weighted by Crippen LogP contribution is 2.18. The number of aliphatic hydroxyl groups is 1. The number of carbonyl (C=O) groups excluding carboxylic acids is 2. The Balaban J connectivity index is 3.45. The Morgan fingerprint density at radius 2 is 0.551 bits per heavy atom. The number of esters is 2. The smallest absolute Gasteiger partial charge is 0.306 e. The van der Waals surface area contributed by atoms with Crippen molar-refractivity contribution < 1.29 is 24.2 Å². The van der Waals surface area contributed by atoms with Crippen LogP contribution >= 0.6 is 0 Å². The van der Waals surface area contributed by atoms with Crippen molar-refractivity contribution in [3.63, 3.8) is 0 Å². The largest absolute Gasteiger partial charge is 0.462 e. The van der Waals surface area contributed by atoms with Crippen molar-refractivity contribution in [3.8, 4) is 0 Å². The van der Waals surface area contributed by atoms with Crippen LogP contribution in [0.2, 0.25) is 0 Å². The molecule has 1 atom stereocenters. The van der Waals surface area contributed by atoms with Gasteiger partial charge in [0.25, 0.3) is 0 Å². The van der Waals surface area contributed by atoms with E-state index in [4.69, 9.17) is 9.47 Å². The number of unbranched alkanes of at least 4 members (excludes halogenated alkanes) is 38. The standard InChI is InChI=1S/C73H128O5/c1-3-5-7-9-11-13-15-17-19-21-23-25-27-29-31-33-34-35-36-37-38-40-42-44-46-48-50-52-54-56-58-60-62-64-66-68-73(76)78-71(69-74)70-77-72(75)67-65-63-61-59-57-55-53-51-49-47-45-43-41-39-32-30-28-26-24-22-20-18-16-14-12-10-8-6-4-2/h5,7,11,13,16-19,22-25,29,31,34-35,71,74H,3-4,6,8-10,12,14-15,20-21,26-28,30,32-33,36-70H2,1-2H3/b7-5-,13-11-,18-16-,19-17-,24-22-,25-23-,31-29-,35-34-. The van der Waals surface area contributed by atoms with Gasteiger partial charge in [-0.1, -0.05) is 323 Å². The van der Waals surface area contributed by atoms with Crippen LogP contribution in [-0.2, 0) is 19.1 Å². The maximum Gasteiger partial charge on any atom is 0.306 e. The third-order valence-corrected chi connectivity index (χ3v) is 14.9. The number of carbonyl (C=O) groups is 2. The Hall–Kier alpha value is -3.18. The third kappa shape index (κ3) is 65.3. The molecular formula is C73H128O5. The molecule has 0 aromatic carbocycles. The second-order valence-electron chi connectivity index (χ2n) is 22.5. The number of ether oxygens (including phenoxy) is 2. The minimum Gasteiger partial charge on any atom is -0.462 e. The predicted molar refractivity (Wildman–Crippen MR) is 343 cm³/mol. The van der Waals surface area contributed by atoms with Crippen molar-refractivity contribution in [1.29, 1.82) is 0 Å². The highest BCUT2D eigenvalue weighted by atomic mass is 16.6. The minimum absolute atomic E-state index is 0.0653. The maximum absolute atomic E-state index is 12.4. The van der Waals surface area contributed by atoms with Gasteiger partial charge in [0, 0.05) is 12.8 Å². The first-order chi connectivity index (χ1) is 38.6. The molecule has 450 valence electrons. The monoisotopic (exact) mass is 1080 g/mol. The average molecular weight is 1090 g/mol. The zero-order chi connectivity index (χ0) is 56.2. The zero-order valence-corrected chi connectivity index (χ0v) is 51.7. The first kappa shape index (κ1) is 74.8. The van der Waals surface area contributed by atoms with Crippen LogP contribution in [0.1, 0.15) is 335 Å². The van der Waals surface area contributed by atoms with E-state index in [1.807, 2.05) is 0 Å². The van der Waals surface area contributed by atoms with E-state index in [0.29, 0.717) is 12.8 Å². The molecule has 0 heterocycles. The Labute approximate surface area is 485 Å². The molecule has 0 aliphatic heterocycles. The number of hydrogen-bond donors (Lipinski definition) is 1. The normalized spacial score (nSPS) is 12.8. The summed E-state index contributed by atoms with van der Waals surface area (Å²) in [4.78, 5) is 24.6. The third-order valence-electron chi connectivity index (χ3n) is 14.9. The summed E-state index contributed by atoms with van der Waals surface area (Å²) in [5.74, 6) is -0.578. The van der Waals surface area contributed by atoms with E-state index >= 15 is 0 Å². The Morgan fingerprint density at radius 1 is 0.308 bits per heavy atom. The van der Waals surface area contributed by atoms with Gasteiger partial charge in [-0.05, 0) is 96.3 Å². The Morgan fingerprint density at radius 3 is 0.833 bits per heavy atom. The van der Waals surface area contributed by atoms with E-state index in [-0.39, 0.29) is 25.2 Å². The topological polar surface area (TPSA) is 72.8 Å². The summed E-state index contributed by atoms with van der Waals surface area (Å²) in [7, 11) is 0. The van der Waals surface area contributed by atoms with Gasteiger partial charge in [0.2, 0.25) is 0 Å². The van der Waals surface area contributed by atoms with Crippen molar-refractivity contribution in [2.75, 3.05) is 13.2 Å². The van der Waals surface area contributed by atoms with Gasteiger partial charge in [-0.2, -0.15) is 0 Å². The molecule has 78 heavy (non-hydrogen) atoms. The number of rotatable bonds is 62. The quantitative estimate of drug-likeness (QED) is 0.0373. The maximum atomic E-state index is 12.4. The highest BCUT2D eigenvalue weighted by Gasteiger charge is 2.16. The first-order valence-corrected chi connectivity index (χ1v) is 33.8. The van der Waals surface area contributed by atoms with Crippen LogP contribution in [0.4, 0.5) is 0 Å². The Kier molecular flexibility index (Phi) is 65.3. The lowest BCUT2D eigenvalue weighted by atomic mass is 10.0. The van der Waals surface area contributed by atoms with Gasteiger partial charge in [-0.25, -0.2) is 0 Å². The van der Waals surface area contributed by atoms with Gasteiger partial charge < -0.3 is 14.6 Å². The summed E-state index contributed by atoms with van der Waals surface area (Å²) in [5.41, 5.74) is 0. The molecule has 0 bridgehead atoms. The lowest BCUT2D eigenvalue weighted by Crippen LogP contribution is -2.28. The molecular weight excluding hydrogens is 957 g/mol. The summed E-state index contributed by atoms with van der Waals surface area (Å²) in [6.07, 6.45) is 97.1. The molecule has 0 aliphatic carbocycles. The molecule has 0 aliphatic rings. The lowest BCUT2D eigenvalue weighted by Gasteiger charge is -2.15. The molecule has 1 unspecified atom stereocenters. The molecule has 0 aromatic heterocycles. The van der Waals surface area contributed by atoms with Crippen molar-refractivity contribution in [2.24, 2.45) is 0 Å². The second kappa shape index (κ2) is 68.1. The van der Waals surface area contributed by atoms with Crippen LogP contribution in [0.15, 0.2) is 97.2 Å². The molecule has 0 radical (unpaired) electrons. The fourth-order valence-corrected chi connectivity index (χ4v) is 9.83. The molecule has 5 nitrogen and oxygen atoms in total. The van der Waals surface area contributed by atoms with E-state index in [9.17, 15) is 14.7 Å².